The Hall–Kier alpha value is -1.57. The topological polar surface area (TPSA) is 29.1 Å². The second-order valence-electron chi connectivity index (χ2n) is 5.50. The molecule has 0 radical (unpaired) electrons. The Morgan fingerprint density at radius 2 is 1.90 bits per heavy atom. The van der Waals surface area contributed by atoms with E-state index in [0.717, 1.165) is 37.8 Å². The summed E-state index contributed by atoms with van der Waals surface area (Å²) in [5.74, 6) is 0.286. The Bertz CT molecular complexity index is 433. The van der Waals surface area contributed by atoms with E-state index < -0.39 is 0 Å². The fourth-order valence-corrected chi connectivity index (χ4v) is 2.41. The summed E-state index contributed by atoms with van der Waals surface area (Å²) in [6, 6.07) is 8.15. The Kier molecular flexibility index (Phi) is 8.49. The molecular formula is C19H29NO. The molecule has 0 heterocycles. The molecule has 0 fully saturated rings. The lowest BCUT2D eigenvalue weighted by Crippen LogP contribution is -2.22. The third kappa shape index (κ3) is 6.61. The smallest absolute Gasteiger partial charge is 0.227 e. The lowest BCUT2D eigenvalue weighted by Gasteiger charge is -2.15. The van der Waals surface area contributed by atoms with E-state index in [2.05, 4.69) is 43.4 Å². The Labute approximate surface area is 129 Å². The van der Waals surface area contributed by atoms with Gasteiger partial charge in [-0.25, -0.2) is 0 Å². The van der Waals surface area contributed by atoms with Crippen LogP contribution in [-0.2, 0) is 11.2 Å². The number of hydrogen-bond donors (Lipinski definition) is 1. The largest absolute Gasteiger partial charge is 0.326 e. The van der Waals surface area contributed by atoms with Gasteiger partial charge in [0, 0.05) is 11.6 Å². The van der Waals surface area contributed by atoms with Crippen LogP contribution in [0.2, 0.25) is 0 Å². The highest BCUT2D eigenvalue weighted by Crippen LogP contribution is 2.17. The highest BCUT2D eigenvalue weighted by molar-refractivity contribution is 5.92. The number of amides is 1. The van der Waals surface area contributed by atoms with Crippen molar-refractivity contribution in [1.29, 1.82) is 0 Å². The van der Waals surface area contributed by atoms with Crippen LogP contribution < -0.4 is 5.32 Å². The standard InChI is InChI=1S/C19H29NO/c1-4-7-8-9-10-11-17(6-3)19(21)20-18-14-12-16(5-2)13-15-18/h4,7,12-15,17H,5-6,8-11H2,1-3H3,(H,20,21). The number of carbonyl (C=O) groups excluding carboxylic acids is 1. The van der Waals surface area contributed by atoms with Crippen LogP contribution in [0.1, 0.15) is 58.4 Å². The molecule has 0 aliphatic carbocycles. The van der Waals surface area contributed by atoms with Gasteiger partial charge in [0.2, 0.25) is 5.91 Å². The average molecular weight is 287 g/mol. The molecule has 1 atom stereocenters. The van der Waals surface area contributed by atoms with Crippen LogP contribution in [0.15, 0.2) is 36.4 Å². The van der Waals surface area contributed by atoms with Gasteiger partial charge in [0.25, 0.3) is 0 Å². The maximum Gasteiger partial charge on any atom is 0.227 e. The van der Waals surface area contributed by atoms with Crippen molar-refractivity contribution < 1.29 is 4.79 Å². The third-order valence-electron chi connectivity index (χ3n) is 3.90. The second kappa shape index (κ2) is 10.2. The predicted octanol–water partition coefficient (Wildman–Crippen LogP) is 5.35. The molecule has 2 nitrogen and oxygen atoms in total. The molecule has 1 unspecified atom stereocenters. The predicted molar refractivity (Wildman–Crippen MR) is 91.5 cm³/mol. The first kappa shape index (κ1) is 17.5. The molecular weight excluding hydrogens is 258 g/mol. The number of nitrogens with one attached hydrogen (secondary N) is 1. The number of unbranched alkanes of at least 4 members (excludes halogenated alkanes) is 2. The number of benzene rings is 1. The van der Waals surface area contributed by atoms with E-state index in [1.807, 2.05) is 19.1 Å². The molecule has 0 saturated heterocycles. The first-order valence-corrected chi connectivity index (χ1v) is 8.22. The molecule has 0 aromatic heterocycles. The summed E-state index contributed by atoms with van der Waals surface area (Å²) in [6.07, 6.45) is 10.6. The zero-order valence-electron chi connectivity index (χ0n) is 13.7. The number of aryl methyl sites for hydroxylation is 1. The maximum atomic E-state index is 12.3. The van der Waals surface area contributed by atoms with Gasteiger partial charge in [-0.05, 0) is 56.7 Å². The van der Waals surface area contributed by atoms with Crippen LogP contribution in [0.25, 0.3) is 0 Å². The van der Waals surface area contributed by atoms with Crippen LogP contribution in [0.3, 0.4) is 0 Å². The van der Waals surface area contributed by atoms with Gasteiger partial charge in [0.05, 0.1) is 0 Å². The van der Waals surface area contributed by atoms with E-state index in [1.165, 1.54) is 12.0 Å². The first-order valence-electron chi connectivity index (χ1n) is 8.22. The van der Waals surface area contributed by atoms with Crippen molar-refractivity contribution in [2.75, 3.05) is 5.32 Å². The highest BCUT2D eigenvalue weighted by atomic mass is 16.1. The minimum absolute atomic E-state index is 0.126. The van der Waals surface area contributed by atoms with Crippen LogP contribution in [-0.4, -0.2) is 5.91 Å². The molecule has 1 aromatic rings. The van der Waals surface area contributed by atoms with E-state index in [-0.39, 0.29) is 11.8 Å². The van der Waals surface area contributed by atoms with Gasteiger partial charge < -0.3 is 5.32 Å². The normalized spacial score (nSPS) is 12.5. The molecule has 21 heavy (non-hydrogen) atoms. The molecule has 0 saturated carbocycles. The zero-order chi connectivity index (χ0) is 15.5. The minimum Gasteiger partial charge on any atom is -0.326 e. The van der Waals surface area contributed by atoms with E-state index in [4.69, 9.17) is 0 Å². The fraction of sp³-hybridized carbons (Fsp3) is 0.526. The summed E-state index contributed by atoms with van der Waals surface area (Å²) in [4.78, 5) is 12.3. The van der Waals surface area contributed by atoms with Crippen LogP contribution in [0.5, 0.6) is 0 Å². The molecule has 0 spiro atoms. The Morgan fingerprint density at radius 3 is 2.48 bits per heavy atom. The molecule has 116 valence electrons. The lowest BCUT2D eigenvalue weighted by atomic mass is 9.97. The van der Waals surface area contributed by atoms with Crippen molar-refractivity contribution in [3.05, 3.63) is 42.0 Å². The van der Waals surface area contributed by atoms with E-state index in [0.29, 0.717) is 0 Å². The first-order chi connectivity index (χ1) is 10.2. The van der Waals surface area contributed by atoms with Gasteiger partial charge in [-0.1, -0.05) is 44.6 Å². The van der Waals surface area contributed by atoms with Crippen molar-refractivity contribution >= 4 is 11.6 Å². The van der Waals surface area contributed by atoms with Gasteiger partial charge in [-0.2, -0.15) is 0 Å². The van der Waals surface area contributed by atoms with Gasteiger partial charge in [-0.3, -0.25) is 4.79 Å². The summed E-state index contributed by atoms with van der Waals surface area (Å²) < 4.78 is 0. The van der Waals surface area contributed by atoms with Crippen molar-refractivity contribution in [3.8, 4) is 0 Å². The molecule has 1 rings (SSSR count). The average Bonchev–Trinajstić information content (AvgIpc) is 2.51. The van der Waals surface area contributed by atoms with Gasteiger partial charge in [0.15, 0.2) is 0 Å². The summed E-state index contributed by atoms with van der Waals surface area (Å²) in [5, 5.41) is 3.04. The Balaban J connectivity index is 2.42. The summed E-state index contributed by atoms with van der Waals surface area (Å²) >= 11 is 0. The van der Waals surface area contributed by atoms with Crippen molar-refractivity contribution in [2.45, 2.75) is 59.3 Å². The zero-order valence-corrected chi connectivity index (χ0v) is 13.7. The highest BCUT2D eigenvalue weighted by Gasteiger charge is 2.15. The summed E-state index contributed by atoms with van der Waals surface area (Å²) in [7, 11) is 0. The second-order valence-corrected chi connectivity index (χ2v) is 5.50. The molecule has 1 N–H and O–H groups in total. The van der Waals surface area contributed by atoms with Gasteiger partial charge >= 0.3 is 0 Å². The SMILES string of the molecule is CC=CCCCCC(CC)C(=O)Nc1ccc(CC)cc1. The van der Waals surface area contributed by atoms with E-state index in [1.54, 1.807) is 0 Å². The third-order valence-corrected chi connectivity index (χ3v) is 3.90. The molecule has 1 aromatic carbocycles. The van der Waals surface area contributed by atoms with Gasteiger partial charge in [-0.15, -0.1) is 0 Å². The lowest BCUT2D eigenvalue weighted by molar-refractivity contribution is -0.120. The summed E-state index contributed by atoms with van der Waals surface area (Å²) in [6.45, 7) is 6.27. The molecule has 2 heteroatoms. The summed E-state index contributed by atoms with van der Waals surface area (Å²) in [5.41, 5.74) is 2.20. The maximum absolute atomic E-state index is 12.3. The molecule has 0 aliphatic heterocycles. The number of carbonyl (C=O) groups is 1. The van der Waals surface area contributed by atoms with Crippen LogP contribution >= 0.6 is 0 Å². The number of rotatable bonds is 9. The quantitative estimate of drug-likeness (QED) is 0.481. The van der Waals surface area contributed by atoms with E-state index >= 15 is 0 Å². The van der Waals surface area contributed by atoms with E-state index in [9.17, 15) is 4.79 Å². The molecule has 0 bridgehead atoms. The number of hydrogen-bond acceptors (Lipinski definition) is 1. The number of allylic oxidation sites excluding steroid dienone is 2. The minimum atomic E-state index is 0.126. The van der Waals surface area contributed by atoms with Crippen LogP contribution in [0, 0.1) is 5.92 Å². The van der Waals surface area contributed by atoms with Gasteiger partial charge in [0.1, 0.15) is 0 Å². The van der Waals surface area contributed by atoms with Crippen molar-refractivity contribution in [1.82, 2.24) is 0 Å². The number of anilines is 1. The monoisotopic (exact) mass is 287 g/mol. The molecule has 1 amide bonds. The fourth-order valence-electron chi connectivity index (χ4n) is 2.41. The molecule has 0 aliphatic rings. The van der Waals surface area contributed by atoms with Crippen molar-refractivity contribution in [2.24, 2.45) is 5.92 Å². The van der Waals surface area contributed by atoms with Crippen molar-refractivity contribution in [3.63, 3.8) is 0 Å². The van der Waals surface area contributed by atoms with Crippen LogP contribution in [0.4, 0.5) is 5.69 Å². The Morgan fingerprint density at radius 1 is 1.19 bits per heavy atom.